The van der Waals surface area contributed by atoms with Gasteiger partial charge in [-0.2, -0.15) is 0 Å². The summed E-state index contributed by atoms with van der Waals surface area (Å²) in [7, 11) is 0. The number of allylic oxidation sites excluding steroid dienone is 4. The molecule has 1 N–H and O–H groups in total. The van der Waals surface area contributed by atoms with E-state index in [0.29, 0.717) is 19.6 Å². The second kappa shape index (κ2) is 42.0. The maximum Gasteiger partial charge on any atom is 0.306 e. The van der Waals surface area contributed by atoms with Crippen molar-refractivity contribution in [2.24, 2.45) is 0 Å². The molecule has 0 aliphatic heterocycles. The summed E-state index contributed by atoms with van der Waals surface area (Å²) in [6.45, 7) is 5.29. The Kier molecular flexibility index (Phi) is 41.0. The summed E-state index contributed by atoms with van der Waals surface area (Å²) < 4.78 is 11.1. The van der Waals surface area contributed by atoms with Crippen molar-refractivity contribution < 1.29 is 19.4 Å². The molecule has 0 aliphatic rings. The molecule has 1 unspecified atom stereocenters. The minimum atomic E-state index is -0.535. The molecule has 0 aliphatic carbocycles. The van der Waals surface area contributed by atoms with Crippen LogP contribution in [0.4, 0.5) is 0 Å². The highest BCUT2D eigenvalue weighted by atomic mass is 16.6. The minimum absolute atomic E-state index is 0.172. The van der Waals surface area contributed by atoms with Crippen molar-refractivity contribution in [3.8, 4) is 0 Å². The van der Waals surface area contributed by atoms with Gasteiger partial charge in [-0.25, -0.2) is 0 Å². The van der Waals surface area contributed by atoms with Gasteiger partial charge in [0.1, 0.15) is 6.10 Å². The molecule has 4 heteroatoms. The molecule has 0 saturated carbocycles. The van der Waals surface area contributed by atoms with Crippen LogP contribution in [0, 0.1) is 0 Å². The molecule has 48 heavy (non-hydrogen) atoms. The van der Waals surface area contributed by atoms with Gasteiger partial charge in [0.05, 0.1) is 13.2 Å². The molecule has 0 fully saturated rings. The predicted octanol–water partition coefficient (Wildman–Crippen LogP) is 13.9. The SMILES string of the molecule is CCC/C=C\C/C=C\CCCCCCCCOCC(CO)OC(=O)CCCCCCCCCCCCCCCCCCCCCCCC. The van der Waals surface area contributed by atoms with E-state index in [2.05, 4.69) is 38.2 Å². The van der Waals surface area contributed by atoms with E-state index in [0.717, 1.165) is 25.7 Å². The van der Waals surface area contributed by atoms with Gasteiger partial charge in [0, 0.05) is 13.0 Å². The summed E-state index contributed by atoms with van der Waals surface area (Å²) in [5.41, 5.74) is 0. The first-order chi connectivity index (χ1) is 23.7. The summed E-state index contributed by atoms with van der Waals surface area (Å²) >= 11 is 0. The third-order valence-electron chi connectivity index (χ3n) is 9.51. The Morgan fingerprint density at radius 3 is 1.38 bits per heavy atom. The first-order valence-electron chi connectivity index (χ1n) is 21.4. The predicted molar refractivity (Wildman–Crippen MR) is 210 cm³/mol. The Labute approximate surface area is 300 Å². The van der Waals surface area contributed by atoms with Crippen LogP contribution < -0.4 is 0 Å². The molecule has 0 aromatic carbocycles. The summed E-state index contributed by atoms with van der Waals surface area (Å²) in [6, 6.07) is 0. The van der Waals surface area contributed by atoms with Gasteiger partial charge in [-0.3, -0.25) is 4.79 Å². The van der Waals surface area contributed by atoms with E-state index in [1.807, 2.05) is 0 Å². The van der Waals surface area contributed by atoms with E-state index < -0.39 is 6.10 Å². The number of carbonyl (C=O) groups excluding carboxylic acids is 1. The van der Waals surface area contributed by atoms with Crippen molar-refractivity contribution in [2.75, 3.05) is 19.8 Å². The second-order valence-corrected chi connectivity index (χ2v) is 14.4. The fourth-order valence-electron chi connectivity index (χ4n) is 6.31. The van der Waals surface area contributed by atoms with Gasteiger partial charge in [0.25, 0.3) is 0 Å². The van der Waals surface area contributed by atoms with Crippen LogP contribution in [-0.2, 0) is 14.3 Å². The average Bonchev–Trinajstić information content (AvgIpc) is 3.09. The maximum absolute atomic E-state index is 12.2. The maximum atomic E-state index is 12.2. The minimum Gasteiger partial charge on any atom is -0.457 e. The van der Waals surface area contributed by atoms with Crippen LogP contribution in [0.15, 0.2) is 24.3 Å². The quantitative estimate of drug-likeness (QED) is 0.0399. The molecule has 0 bridgehead atoms. The highest BCUT2D eigenvalue weighted by Crippen LogP contribution is 2.16. The zero-order chi connectivity index (χ0) is 34.9. The van der Waals surface area contributed by atoms with E-state index in [1.54, 1.807) is 0 Å². The molecule has 0 heterocycles. The number of hydrogen-bond acceptors (Lipinski definition) is 4. The first-order valence-corrected chi connectivity index (χ1v) is 21.4. The van der Waals surface area contributed by atoms with Crippen LogP contribution in [-0.4, -0.2) is 37.0 Å². The van der Waals surface area contributed by atoms with Gasteiger partial charge in [0.2, 0.25) is 0 Å². The Morgan fingerprint density at radius 1 is 0.500 bits per heavy atom. The van der Waals surface area contributed by atoms with Crippen LogP contribution in [0.1, 0.15) is 226 Å². The highest BCUT2D eigenvalue weighted by molar-refractivity contribution is 5.69. The van der Waals surface area contributed by atoms with E-state index >= 15 is 0 Å². The Hall–Kier alpha value is -1.13. The summed E-state index contributed by atoms with van der Waals surface area (Å²) in [4.78, 5) is 12.2. The van der Waals surface area contributed by atoms with Crippen molar-refractivity contribution in [3.63, 3.8) is 0 Å². The van der Waals surface area contributed by atoms with Crippen LogP contribution in [0.25, 0.3) is 0 Å². The molecule has 0 saturated heterocycles. The molecule has 0 aromatic heterocycles. The topological polar surface area (TPSA) is 55.8 Å². The number of esters is 1. The Balaban J connectivity index is 3.38. The standard InChI is InChI=1S/C44H84O4/c1-3-5-7-9-11-13-15-17-19-20-21-22-23-24-25-26-27-29-31-33-35-37-39-44(46)48-43(41-45)42-47-40-38-36-34-32-30-28-18-16-14-12-10-8-6-4-2/h8,10,14,16,43,45H,3-7,9,11-13,15,17-42H2,1-2H3/b10-8-,16-14-. The summed E-state index contributed by atoms with van der Waals surface area (Å²) in [5.74, 6) is -0.200. The number of hydrogen-bond donors (Lipinski definition) is 1. The molecule has 0 amide bonds. The lowest BCUT2D eigenvalue weighted by molar-refractivity contribution is -0.154. The molecule has 284 valence electrons. The second-order valence-electron chi connectivity index (χ2n) is 14.4. The van der Waals surface area contributed by atoms with Crippen LogP contribution in [0.2, 0.25) is 0 Å². The number of aliphatic hydroxyl groups excluding tert-OH is 1. The largest absolute Gasteiger partial charge is 0.457 e. The zero-order valence-electron chi connectivity index (χ0n) is 32.5. The van der Waals surface area contributed by atoms with Crippen LogP contribution in [0.5, 0.6) is 0 Å². The van der Waals surface area contributed by atoms with Crippen molar-refractivity contribution in [2.45, 2.75) is 232 Å². The smallest absolute Gasteiger partial charge is 0.306 e. The van der Waals surface area contributed by atoms with E-state index in [-0.39, 0.29) is 12.6 Å². The third kappa shape index (κ3) is 39.3. The van der Waals surface area contributed by atoms with Crippen molar-refractivity contribution in [3.05, 3.63) is 24.3 Å². The molecular formula is C44H84O4. The van der Waals surface area contributed by atoms with Gasteiger partial charge in [-0.15, -0.1) is 0 Å². The number of carbonyl (C=O) groups is 1. The molecule has 4 nitrogen and oxygen atoms in total. The van der Waals surface area contributed by atoms with Crippen LogP contribution in [0.3, 0.4) is 0 Å². The number of unbranched alkanes of at least 4 members (excludes halogenated alkanes) is 28. The van der Waals surface area contributed by atoms with Gasteiger partial charge < -0.3 is 14.6 Å². The zero-order valence-corrected chi connectivity index (χ0v) is 32.5. The third-order valence-corrected chi connectivity index (χ3v) is 9.51. The fourth-order valence-corrected chi connectivity index (χ4v) is 6.31. The normalized spacial score (nSPS) is 12.5. The molecule has 0 radical (unpaired) electrons. The molecule has 0 aromatic rings. The fraction of sp³-hybridized carbons (Fsp3) is 0.886. The average molecular weight is 677 g/mol. The van der Waals surface area contributed by atoms with Crippen LogP contribution >= 0.6 is 0 Å². The monoisotopic (exact) mass is 677 g/mol. The molecule has 1 atom stereocenters. The van der Waals surface area contributed by atoms with Crippen molar-refractivity contribution in [1.29, 1.82) is 0 Å². The van der Waals surface area contributed by atoms with Gasteiger partial charge in [-0.1, -0.05) is 205 Å². The number of ether oxygens (including phenoxy) is 2. The first kappa shape index (κ1) is 46.9. The number of rotatable bonds is 40. The molecule has 0 spiro atoms. The Morgan fingerprint density at radius 2 is 0.917 bits per heavy atom. The highest BCUT2D eigenvalue weighted by Gasteiger charge is 2.13. The molecule has 0 rings (SSSR count). The number of aliphatic hydroxyl groups is 1. The lowest BCUT2D eigenvalue weighted by Gasteiger charge is -2.15. The van der Waals surface area contributed by atoms with E-state index in [9.17, 15) is 9.90 Å². The lowest BCUT2D eigenvalue weighted by atomic mass is 10.0. The van der Waals surface area contributed by atoms with Crippen molar-refractivity contribution in [1.82, 2.24) is 0 Å². The lowest BCUT2D eigenvalue weighted by Crippen LogP contribution is -2.27. The summed E-state index contributed by atoms with van der Waals surface area (Å²) in [6.07, 6.45) is 51.0. The van der Waals surface area contributed by atoms with Crippen molar-refractivity contribution >= 4 is 5.97 Å². The van der Waals surface area contributed by atoms with E-state index in [1.165, 1.54) is 180 Å². The van der Waals surface area contributed by atoms with Gasteiger partial charge in [0.15, 0.2) is 0 Å². The molecular weight excluding hydrogens is 592 g/mol. The van der Waals surface area contributed by atoms with Gasteiger partial charge in [-0.05, 0) is 38.5 Å². The van der Waals surface area contributed by atoms with E-state index in [4.69, 9.17) is 9.47 Å². The Bertz CT molecular complexity index is 673. The van der Waals surface area contributed by atoms with Gasteiger partial charge >= 0.3 is 5.97 Å². The summed E-state index contributed by atoms with van der Waals surface area (Å²) in [5, 5.41) is 9.59.